The van der Waals surface area contributed by atoms with Crippen LogP contribution in [0.3, 0.4) is 0 Å². The first-order valence-electron chi connectivity index (χ1n) is 7.31. The number of hydrogen-bond acceptors (Lipinski definition) is 3. The van der Waals surface area contributed by atoms with Gasteiger partial charge in [0.25, 0.3) is 0 Å². The van der Waals surface area contributed by atoms with Gasteiger partial charge in [-0.2, -0.15) is 11.8 Å². The van der Waals surface area contributed by atoms with E-state index in [1.165, 1.54) is 25.7 Å². The summed E-state index contributed by atoms with van der Waals surface area (Å²) in [4.78, 5) is 14.6. The molecule has 102 valence electrons. The Bertz CT molecular complexity index is 323. The van der Waals surface area contributed by atoms with Crippen LogP contribution >= 0.6 is 11.8 Å². The first-order chi connectivity index (χ1) is 8.78. The molecule has 3 aliphatic rings. The minimum Gasteiger partial charge on any atom is -0.340 e. The normalized spacial score (nSPS) is 40.3. The minimum absolute atomic E-state index is 0.0380. The summed E-state index contributed by atoms with van der Waals surface area (Å²) in [5.41, 5.74) is 0. The van der Waals surface area contributed by atoms with Crippen molar-refractivity contribution in [2.24, 2.45) is 17.8 Å². The number of nitrogens with zero attached hydrogens (tertiary/aromatic N) is 1. The lowest BCUT2D eigenvalue weighted by atomic mass is 9.88. The fourth-order valence-electron chi connectivity index (χ4n) is 4.05. The fraction of sp³-hybridized carbons (Fsp3) is 0.929. The first kappa shape index (κ1) is 12.8. The van der Waals surface area contributed by atoms with E-state index in [4.69, 9.17) is 0 Å². The Morgan fingerprint density at radius 2 is 2.28 bits per heavy atom. The van der Waals surface area contributed by atoms with Crippen LogP contribution in [0.25, 0.3) is 0 Å². The Balaban J connectivity index is 1.62. The summed E-state index contributed by atoms with van der Waals surface area (Å²) < 4.78 is 0. The van der Waals surface area contributed by atoms with Crippen molar-refractivity contribution in [1.29, 1.82) is 0 Å². The summed E-state index contributed by atoms with van der Waals surface area (Å²) in [6, 6.07) is 0.0380. The number of hydrogen-bond donors (Lipinski definition) is 1. The van der Waals surface area contributed by atoms with E-state index in [0.717, 1.165) is 42.3 Å². The Labute approximate surface area is 114 Å². The molecule has 1 amide bonds. The van der Waals surface area contributed by atoms with Gasteiger partial charge in [0.15, 0.2) is 0 Å². The summed E-state index contributed by atoms with van der Waals surface area (Å²) >= 11 is 1.90. The smallest absolute Gasteiger partial charge is 0.240 e. The van der Waals surface area contributed by atoms with Gasteiger partial charge >= 0.3 is 0 Å². The lowest BCUT2D eigenvalue weighted by Crippen LogP contribution is -2.47. The lowest BCUT2D eigenvalue weighted by Gasteiger charge is -2.30. The van der Waals surface area contributed by atoms with Crippen molar-refractivity contribution < 1.29 is 4.79 Å². The molecule has 1 aliphatic heterocycles. The fourth-order valence-corrected chi connectivity index (χ4v) is 5.11. The van der Waals surface area contributed by atoms with E-state index in [9.17, 15) is 4.79 Å². The molecule has 0 aromatic carbocycles. The molecule has 4 heteroatoms. The second-order valence-corrected chi connectivity index (χ2v) is 7.29. The van der Waals surface area contributed by atoms with Crippen LogP contribution in [0, 0.1) is 17.8 Å². The number of fused-ring (bicyclic) bond motifs is 2. The molecule has 0 aromatic heterocycles. The van der Waals surface area contributed by atoms with Crippen molar-refractivity contribution in [2.45, 2.75) is 31.7 Å². The van der Waals surface area contributed by atoms with Crippen LogP contribution in [0.2, 0.25) is 0 Å². The van der Waals surface area contributed by atoms with Gasteiger partial charge in [-0.15, -0.1) is 0 Å². The Hall–Kier alpha value is -0.220. The molecule has 1 saturated heterocycles. The van der Waals surface area contributed by atoms with Crippen LogP contribution in [-0.2, 0) is 4.79 Å². The van der Waals surface area contributed by atoms with Crippen LogP contribution < -0.4 is 5.32 Å². The number of thioether (sulfide) groups is 1. The molecule has 4 unspecified atom stereocenters. The number of amides is 1. The highest BCUT2D eigenvalue weighted by atomic mass is 32.2. The third-order valence-corrected chi connectivity index (χ3v) is 6.13. The third kappa shape index (κ3) is 2.42. The summed E-state index contributed by atoms with van der Waals surface area (Å²) in [7, 11) is 1.91. The van der Waals surface area contributed by atoms with Crippen molar-refractivity contribution in [3.8, 4) is 0 Å². The molecule has 4 atom stereocenters. The zero-order chi connectivity index (χ0) is 12.5. The minimum atomic E-state index is 0.0380. The van der Waals surface area contributed by atoms with Crippen molar-refractivity contribution >= 4 is 17.7 Å². The topological polar surface area (TPSA) is 32.3 Å². The van der Waals surface area contributed by atoms with Gasteiger partial charge < -0.3 is 10.2 Å². The quantitative estimate of drug-likeness (QED) is 0.843. The van der Waals surface area contributed by atoms with E-state index < -0.39 is 0 Å². The van der Waals surface area contributed by atoms with E-state index >= 15 is 0 Å². The Kier molecular flexibility index (Phi) is 3.85. The molecule has 18 heavy (non-hydrogen) atoms. The number of nitrogens with one attached hydrogen (secondary N) is 1. The molecular formula is C14H24N2OS. The standard InChI is InChI=1S/C14H24N2OS/c1-15-13-9-18-5-4-16(14(13)17)8-12-7-10-2-3-11(12)6-10/h10-13,15H,2-9H2,1H3. The van der Waals surface area contributed by atoms with Crippen LogP contribution in [0.4, 0.5) is 0 Å². The molecule has 0 spiro atoms. The van der Waals surface area contributed by atoms with Crippen molar-refractivity contribution in [3.63, 3.8) is 0 Å². The first-order valence-corrected chi connectivity index (χ1v) is 8.47. The van der Waals surface area contributed by atoms with Crippen LogP contribution in [0.1, 0.15) is 25.7 Å². The van der Waals surface area contributed by atoms with Gasteiger partial charge in [0, 0.05) is 24.6 Å². The van der Waals surface area contributed by atoms with E-state index in [0.29, 0.717) is 5.91 Å². The molecule has 0 aromatic rings. The number of likely N-dealkylation sites (N-methyl/N-ethyl adjacent to an activating group) is 1. The van der Waals surface area contributed by atoms with Crippen molar-refractivity contribution in [3.05, 3.63) is 0 Å². The molecule has 2 bridgehead atoms. The molecule has 1 heterocycles. The van der Waals surface area contributed by atoms with Crippen LogP contribution in [0.15, 0.2) is 0 Å². The van der Waals surface area contributed by atoms with Gasteiger partial charge in [0.1, 0.15) is 0 Å². The van der Waals surface area contributed by atoms with Gasteiger partial charge in [0.05, 0.1) is 6.04 Å². The van der Waals surface area contributed by atoms with E-state index in [-0.39, 0.29) is 6.04 Å². The van der Waals surface area contributed by atoms with Crippen LogP contribution in [-0.4, -0.2) is 48.5 Å². The molecule has 1 N–H and O–H groups in total. The predicted molar refractivity (Wildman–Crippen MR) is 75.7 cm³/mol. The highest BCUT2D eigenvalue weighted by Crippen LogP contribution is 2.48. The molecule has 3 rings (SSSR count). The average Bonchev–Trinajstić information content (AvgIpc) is 2.94. The molecule has 3 nitrogen and oxygen atoms in total. The average molecular weight is 268 g/mol. The van der Waals surface area contributed by atoms with Gasteiger partial charge in [-0.3, -0.25) is 4.79 Å². The molecule has 2 aliphatic carbocycles. The maximum atomic E-state index is 12.4. The summed E-state index contributed by atoms with van der Waals surface area (Å²) in [5, 5.41) is 3.17. The largest absolute Gasteiger partial charge is 0.340 e. The molecule has 0 radical (unpaired) electrons. The Morgan fingerprint density at radius 1 is 1.39 bits per heavy atom. The Morgan fingerprint density at radius 3 is 2.94 bits per heavy atom. The monoisotopic (exact) mass is 268 g/mol. The van der Waals surface area contributed by atoms with Crippen LogP contribution in [0.5, 0.6) is 0 Å². The van der Waals surface area contributed by atoms with E-state index in [1.807, 2.05) is 18.8 Å². The zero-order valence-corrected chi connectivity index (χ0v) is 12.0. The third-order valence-electron chi connectivity index (χ3n) is 5.09. The van der Waals surface area contributed by atoms with E-state index in [1.54, 1.807) is 0 Å². The predicted octanol–water partition coefficient (Wildman–Crippen LogP) is 1.59. The number of rotatable bonds is 3. The highest BCUT2D eigenvalue weighted by Gasteiger charge is 2.41. The van der Waals surface area contributed by atoms with Gasteiger partial charge in [-0.1, -0.05) is 6.42 Å². The maximum absolute atomic E-state index is 12.4. The summed E-state index contributed by atoms with van der Waals surface area (Å²) in [5.74, 6) is 5.08. The molecule has 3 fully saturated rings. The molecule has 2 saturated carbocycles. The second kappa shape index (κ2) is 5.41. The summed E-state index contributed by atoms with van der Waals surface area (Å²) in [6.07, 6.45) is 5.69. The van der Waals surface area contributed by atoms with Gasteiger partial charge in [-0.05, 0) is 44.1 Å². The second-order valence-electron chi connectivity index (χ2n) is 6.14. The zero-order valence-electron chi connectivity index (χ0n) is 11.2. The highest BCUT2D eigenvalue weighted by molar-refractivity contribution is 7.99. The molecular weight excluding hydrogens is 244 g/mol. The van der Waals surface area contributed by atoms with Crippen molar-refractivity contribution in [2.75, 3.05) is 31.6 Å². The SMILES string of the molecule is CNC1CSCCN(CC2CC3CCC2C3)C1=O. The number of carbonyl (C=O) groups is 1. The van der Waals surface area contributed by atoms with Crippen molar-refractivity contribution in [1.82, 2.24) is 10.2 Å². The lowest BCUT2D eigenvalue weighted by molar-refractivity contribution is -0.133. The maximum Gasteiger partial charge on any atom is 0.240 e. The summed E-state index contributed by atoms with van der Waals surface area (Å²) in [6.45, 7) is 1.98. The van der Waals surface area contributed by atoms with Gasteiger partial charge in [0.2, 0.25) is 5.91 Å². The van der Waals surface area contributed by atoms with Gasteiger partial charge in [-0.25, -0.2) is 0 Å². The number of carbonyl (C=O) groups excluding carboxylic acids is 1. The van der Waals surface area contributed by atoms with E-state index in [2.05, 4.69) is 10.2 Å².